The van der Waals surface area contributed by atoms with Gasteiger partial charge in [0.25, 0.3) is 0 Å². The quantitative estimate of drug-likeness (QED) is 0.847. The van der Waals surface area contributed by atoms with E-state index in [-0.39, 0.29) is 16.2 Å². The van der Waals surface area contributed by atoms with E-state index in [9.17, 15) is 13.2 Å². The van der Waals surface area contributed by atoms with Crippen molar-refractivity contribution < 1.29 is 13.2 Å². The molecule has 0 aromatic carbocycles. The molecule has 1 atom stereocenters. The zero-order valence-corrected chi connectivity index (χ0v) is 9.79. The molecular formula is C9H9Cl2F3N2. The van der Waals surface area contributed by atoms with Gasteiger partial charge in [-0.15, -0.1) is 11.6 Å². The maximum atomic E-state index is 12.3. The summed E-state index contributed by atoms with van der Waals surface area (Å²) in [5.41, 5.74) is -0.873. The van der Waals surface area contributed by atoms with E-state index in [1.807, 2.05) is 0 Å². The van der Waals surface area contributed by atoms with Gasteiger partial charge in [0.15, 0.2) is 0 Å². The molecule has 0 amide bonds. The third-order valence-corrected chi connectivity index (χ3v) is 2.16. The molecule has 1 unspecified atom stereocenters. The standard InChI is InChI=1S/C9H9Cl2F3N2/c1-5(10)3-15-8-7(11)2-6(4-16-8)9(12,13)14/h2,4-5H,3H2,1H3,(H,15,16). The summed E-state index contributed by atoms with van der Waals surface area (Å²) in [7, 11) is 0. The first-order valence-electron chi connectivity index (χ1n) is 4.41. The normalized spacial score (nSPS) is 13.6. The Morgan fingerprint density at radius 3 is 2.56 bits per heavy atom. The largest absolute Gasteiger partial charge is 0.417 e. The number of aromatic nitrogens is 1. The van der Waals surface area contributed by atoms with E-state index in [1.54, 1.807) is 6.92 Å². The first-order valence-corrected chi connectivity index (χ1v) is 5.23. The first kappa shape index (κ1) is 13.4. The van der Waals surface area contributed by atoms with E-state index in [2.05, 4.69) is 10.3 Å². The summed E-state index contributed by atoms with van der Waals surface area (Å²) in [6, 6.07) is 0.829. The predicted molar refractivity (Wildman–Crippen MR) is 58.1 cm³/mol. The number of nitrogens with one attached hydrogen (secondary N) is 1. The summed E-state index contributed by atoms with van der Waals surface area (Å²) in [5, 5.41) is 2.51. The fourth-order valence-electron chi connectivity index (χ4n) is 0.960. The van der Waals surface area contributed by atoms with Crippen LogP contribution in [0.4, 0.5) is 19.0 Å². The van der Waals surface area contributed by atoms with Gasteiger partial charge in [0, 0.05) is 18.1 Å². The molecular weight excluding hydrogens is 264 g/mol. The average molecular weight is 273 g/mol. The molecule has 0 aliphatic heterocycles. The second-order valence-corrected chi connectivity index (χ2v) is 4.37. The lowest BCUT2D eigenvalue weighted by molar-refractivity contribution is -0.137. The number of rotatable bonds is 3. The first-order chi connectivity index (χ1) is 7.30. The van der Waals surface area contributed by atoms with Crippen molar-refractivity contribution >= 4 is 29.0 Å². The summed E-state index contributed by atoms with van der Waals surface area (Å²) in [6.07, 6.45) is -3.71. The maximum absolute atomic E-state index is 12.3. The van der Waals surface area contributed by atoms with Gasteiger partial charge >= 0.3 is 6.18 Å². The van der Waals surface area contributed by atoms with Crippen LogP contribution in [0.15, 0.2) is 12.3 Å². The molecule has 1 aromatic rings. The van der Waals surface area contributed by atoms with Crippen LogP contribution in [-0.4, -0.2) is 16.9 Å². The van der Waals surface area contributed by atoms with Gasteiger partial charge in [0.2, 0.25) is 0 Å². The average Bonchev–Trinajstić information content (AvgIpc) is 2.14. The van der Waals surface area contributed by atoms with Gasteiger partial charge in [0.05, 0.1) is 10.6 Å². The van der Waals surface area contributed by atoms with Crippen LogP contribution in [0.3, 0.4) is 0 Å². The highest BCUT2D eigenvalue weighted by Crippen LogP contribution is 2.32. The molecule has 0 saturated carbocycles. The van der Waals surface area contributed by atoms with Crippen LogP contribution in [0.5, 0.6) is 0 Å². The fourth-order valence-corrected chi connectivity index (χ4v) is 1.27. The number of nitrogens with zero attached hydrogens (tertiary/aromatic N) is 1. The number of alkyl halides is 4. The minimum Gasteiger partial charge on any atom is -0.367 e. The summed E-state index contributed by atoms with van der Waals surface area (Å²) in [5.74, 6) is 0.196. The molecule has 0 aliphatic carbocycles. The van der Waals surface area contributed by atoms with E-state index >= 15 is 0 Å². The molecule has 1 N–H and O–H groups in total. The summed E-state index contributed by atoms with van der Waals surface area (Å²) in [4.78, 5) is 3.59. The Morgan fingerprint density at radius 2 is 2.12 bits per heavy atom. The zero-order chi connectivity index (χ0) is 12.3. The van der Waals surface area contributed by atoms with Crippen molar-refractivity contribution in [3.05, 3.63) is 22.8 Å². The van der Waals surface area contributed by atoms with Gasteiger partial charge in [-0.1, -0.05) is 11.6 Å². The molecule has 0 radical (unpaired) electrons. The molecule has 0 bridgehead atoms. The lowest BCUT2D eigenvalue weighted by Crippen LogP contribution is -2.13. The van der Waals surface area contributed by atoms with Crippen LogP contribution in [0.2, 0.25) is 5.02 Å². The highest BCUT2D eigenvalue weighted by atomic mass is 35.5. The van der Waals surface area contributed by atoms with Crippen LogP contribution < -0.4 is 5.32 Å². The van der Waals surface area contributed by atoms with Crippen molar-refractivity contribution in [2.45, 2.75) is 18.5 Å². The van der Waals surface area contributed by atoms with Crippen LogP contribution in [0, 0.1) is 0 Å². The van der Waals surface area contributed by atoms with Gasteiger partial charge in [0.1, 0.15) is 5.82 Å². The Hall–Kier alpha value is -0.680. The summed E-state index contributed by atoms with van der Waals surface area (Å²) >= 11 is 11.3. The van der Waals surface area contributed by atoms with E-state index in [4.69, 9.17) is 23.2 Å². The Kier molecular flexibility index (Phi) is 4.27. The Bertz CT molecular complexity index is 366. The maximum Gasteiger partial charge on any atom is 0.417 e. The molecule has 90 valence electrons. The third-order valence-electron chi connectivity index (χ3n) is 1.72. The number of hydrogen-bond acceptors (Lipinski definition) is 2. The molecule has 1 aromatic heterocycles. The van der Waals surface area contributed by atoms with Gasteiger partial charge in [-0.3, -0.25) is 0 Å². The highest BCUT2D eigenvalue weighted by Gasteiger charge is 2.31. The van der Waals surface area contributed by atoms with E-state index in [0.717, 1.165) is 12.3 Å². The number of halogens is 5. The lowest BCUT2D eigenvalue weighted by atomic mass is 10.3. The van der Waals surface area contributed by atoms with E-state index in [1.165, 1.54) is 0 Å². The van der Waals surface area contributed by atoms with Crippen molar-refractivity contribution in [2.24, 2.45) is 0 Å². The number of anilines is 1. The van der Waals surface area contributed by atoms with Crippen molar-refractivity contribution in [3.8, 4) is 0 Å². The van der Waals surface area contributed by atoms with E-state index < -0.39 is 11.7 Å². The molecule has 2 nitrogen and oxygen atoms in total. The SMILES string of the molecule is CC(Cl)CNc1ncc(C(F)(F)F)cc1Cl. The number of hydrogen-bond donors (Lipinski definition) is 1. The van der Waals surface area contributed by atoms with Crippen molar-refractivity contribution in [3.63, 3.8) is 0 Å². The molecule has 0 saturated heterocycles. The minimum atomic E-state index is -4.44. The van der Waals surface area contributed by atoms with Gasteiger partial charge in [-0.25, -0.2) is 4.98 Å². The van der Waals surface area contributed by atoms with Crippen LogP contribution in [0.1, 0.15) is 12.5 Å². The fraction of sp³-hybridized carbons (Fsp3) is 0.444. The van der Waals surface area contributed by atoms with Crippen molar-refractivity contribution in [1.29, 1.82) is 0 Å². The Labute approximate surface area is 101 Å². The zero-order valence-electron chi connectivity index (χ0n) is 8.28. The van der Waals surface area contributed by atoms with Crippen LogP contribution in [-0.2, 0) is 6.18 Å². The Morgan fingerprint density at radius 1 is 1.50 bits per heavy atom. The minimum absolute atomic E-state index is 0.0767. The van der Waals surface area contributed by atoms with Gasteiger partial charge < -0.3 is 5.32 Å². The Balaban J connectivity index is 2.84. The molecule has 16 heavy (non-hydrogen) atoms. The predicted octanol–water partition coefficient (Wildman–Crippen LogP) is 3.79. The second-order valence-electron chi connectivity index (χ2n) is 3.21. The smallest absolute Gasteiger partial charge is 0.367 e. The molecule has 0 aliphatic rings. The molecule has 0 fully saturated rings. The summed E-state index contributed by atoms with van der Waals surface area (Å²) in [6.45, 7) is 2.12. The third kappa shape index (κ3) is 3.72. The van der Waals surface area contributed by atoms with Crippen LogP contribution >= 0.6 is 23.2 Å². The molecule has 1 heterocycles. The molecule has 1 rings (SSSR count). The van der Waals surface area contributed by atoms with Crippen molar-refractivity contribution in [2.75, 3.05) is 11.9 Å². The number of pyridine rings is 1. The second kappa shape index (κ2) is 5.10. The van der Waals surface area contributed by atoms with Crippen molar-refractivity contribution in [1.82, 2.24) is 4.98 Å². The van der Waals surface area contributed by atoms with E-state index in [0.29, 0.717) is 6.54 Å². The highest BCUT2D eigenvalue weighted by molar-refractivity contribution is 6.33. The summed E-state index contributed by atoms with van der Waals surface area (Å²) < 4.78 is 36.8. The molecule has 0 spiro atoms. The van der Waals surface area contributed by atoms with Gasteiger partial charge in [-0.2, -0.15) is 13.2 Å². The van der Waals surface area contributed by atoms with Crippen LogP contribution in [0.25, 0.3) is 0 Å². The lowest BCUT2D eigenvalue weighted by Gasteiger charge is -2.11. The molecule has 7 heteroatoms. The topological polar surface area (TPSA) is 24.9 Å². The monoisotopic (exact) mass is 272 g/mol. The van der Waals surface area contributed by atoms with Gasteiger partial charge in [-0.05, 0) is 13.0 Å².